The van der Waals surface area contributed by atoms with Gasteiger partial charge in [-0.25, -0.2) is 4.98 Å². The summed E-state index contributed by atoms with van der Waals surface area (Å²) in [4.78, 5) is 32.1. The van der Waals surface area contributed by atoms with Gasteiger partial charge in [-0.2, -0.15) is 0 Å². The number of amides is 1. The van der Waals surface area contributed by atoms with Crippen molar-refractivity contribution in [1.82, 2.24) is 14.9 Å². The Morgan fingerprint density at radius 2 is 2.24 bits per heavy atom. The fraction of sp³-hybridized carbons (Fsp3) is 0.353. The average molecular weight is 377 g/mol. The molecule has 0 saturated carbocycles. The van der Waals surface area contributed by atoms with Gasteiger partial charge in [0, 0.05) is 41.0 Å². The van der Waals surface area contributed by atoms with E-state index in [1.54, 1.807) is 18.4 Å². The predicted octanol–water partition coefficient (Wildman–Crippen LogP) is 2.65. The van der Waals surface area contributed by atoms with Gasteiger partial charge in [-0.3, -0.25) is 14.2 Å². The smallest absolute Gasteiger partial charge is 0.263 e. The van der Waals surface area contributed by atoms with Crippen molar-refractivity contribution in [3.63, 3.8) is 0 Å². The van der Waals surface area contributed by atoms with Crippen LogP contribution in [0.15, 0.2) is 28.6 Å². The largest absolute Gasteiger partial charge is 0.385 e. The third kappa shape index (κ3) is 3.97. The van der Waals surface area contributed by atoms with Crippen molar-refractivity contribution in [2.75, 3.05) is 20.3 Å². The molecule has 0 fully saturated rings. The Hall–Kier alpha value is -2.03. The number of ether oxygens (including phenoxy) is 1. The lowest BCUT2D eigenvalue weighted by molar-refractivity contribution is -0.121. The van der Waals surface area contributed by atoms with E-state index in [4.69, 9.17) is 4.74 Å². The maximum Gasteiger partial charge on any atom is 0.263 e. The molecular formula is C17H19N3O3S2. The summed E-state index contributed by atoms with van der Waals surface area (Å²) in [5, 5.41) is 5.33. The predicted molar refractivity (Wildman–Crippen MR) is 101 cm³/mol. The lowest BCUT2D eigenvalue weighted by Crippen LogP contribution is -2.33. The fourth-order valence-electron chi connectivity index (χ4n) is 2.50. The summed E-state index contributed by atoms with van der Waals surface area (Å²) >= 11 is 3.09. The lowest BCUT2D eigenvalue weighted by Gasteiger charge is -2.07. The average Bonchev–Trinajstić information content (AvgIpc) is 3.20. The van der Waals surface area contributed by atoms with Crippen LogP contribution in [-0.4, -0.2) is 35.7 Å². The van der Waals surface area contributed by atoms with E-state index in [0.717, 1.165) is 16.9 Å². The van der Waals surface area contributed by atoms with Gasteiger partial charge in [0.15, 0.2) is 0 Å². The molecule has 0 unspecified atom stereocenters. The van der Waals surface area contributed by atoms with Gasteiger partial charge in [0.2, 0.25) is 5.91 Å². The van der Waals surface area contributed by atoms with E-state index in [1.807, 2.05) is 24.4 Å². The van der Waals surface area contributed by atoms with Gasteiger partial charge in [0.1, 0.15) is 11.4 Å². The van der Waals surface area contributed by atoms with E-state index in [-0.39, 0.29) is 18.0 Å². The molecule has 132 valence electrons. The monoisotopic (exact) mass is 377 g/mol. The minimum Gasteiger partial charge on any atom is -0.385 e. The summed E-state index contributed by atoms with van der Waals surface area (Å²) in [7, 11) is 1.62. The normalized spacial score (nSPS) is 11.1. The number of carbonyl (C=O) groups is 1. The molecule has 3 heterocycles. The number of hydrogen-bond acceptors (Lipinski definition) is 6. The number of hydrogen-bond donors (Lipinski definition) is 1. The van der Waals surface area contributed by atoms with Crippen molar-refractivity contribution in [2.45, 2.75) is 19.9 Å². The highest BCUT2D eigenvalue weighted by Crippen LogP contribution is 2.34. The first-order valence-electron chi connectivity index (χ1n) is 7.89. The van der Waals surface area contributed by atoms with E-state index in [0.29, 0.717) is 23.4 Å². The van der Waals surface area contributed by atoms with Gasteiger partial charge in [-0.1, -0.05) is 0 Å². The molecule has 0 aliphatic rings. The molecule has 25 heavy (non-hydrogen) atoms. The van der Waals surface area contributed by atoms with E-state index in [1.165, 1.54) is 27.1 Å². The molecule has 3 aromatic heterocycles. The molecule has 1 N–H and O–H groups in total. The Bertz CT molecular complexity index is 942. The summed E-state index contributed by atoms with van der Waals surface area (Å²) in [6.07, 6.45) is 2.18. The van der Waals surface area contributed by atoms with Gasteiger partial charge in [-0.15, -0.1) is 22.7 Å². The van der Waals surface area contributed by atoms with Gasteiger partial charge in [0.05, 0.1) is 11.7 Å². The van der Waals surface area contributed by atoms with Crippen molar-refractivity contribution < 1.29 is 9.53 Å². The van der Waals surface area contributed by atoms with Crippen molar-refractivity contribution in [1.29, 1.82) is 0 Å². The number of nitrogens with one attached hydrogen (secondary N) is 1. The minimum absolute atomic E-state index is 0.0342. The highest BCUT2D eigenvalue weighted by Gasteiger charge is 2.15. The molecule has 0 radical (unpaired) electrons. The third-order valence-corrected chi connectivity index (χ3v) is 5.65. The van der Waals surface area contributed by atoms with Crippen molar-refractivity contribution in [3.8, 4) is 10.4 Å². The summed E-state index contributed by atoms with van der Waals surface area (Å²) in [6, 6.07) is 4.05. The molecule has 6 nitrogen and oxygen atoms in total. The number of aromatic nitrogens is 2. The Morgan fingerprint density at radius 3 is 2.96 bits per heavy atom. The lowest BCUT2D eigenvalue weighted by atomic mass is 10.2. The molecule has 0 bridgehead atoms. The van der Waals surface area contributed by atoms with Crippen LogP contribution in [0.25, 0.3) is 20.7 Å². The Labute approximate surface area is 153 Å². The number of carbonyl (C=O) groups excluding carboxylic acids is 1. The first-order valence-corrected chi connectivity index (χ1v) is 9.59. The first-order chi connectivity index (χ1) is 12.1. The zero-order chi connectivity index (χ0) is 17.8. The zero-order valence-corrected chi connectivity index (χ0v) is 15.7. The van der Waals surface area contributed by atoms with E-state index >= 15 is 0 Å². The fourth-order valence-corrected chi connectivity index (χ4v) is 4.36. The van der Waals surface area contributed by atoms with Crippen molar-refractivity contribution in [3.05, 3.63) is 39.1 Å². The zero-order valence-electron chi connectivity index (χ0n) is 14.1. The quantitative estimate of drug-likeness (QED) is 0.643. The second-order valence-electron chi connectivity index (χ2n) is 5.61. The van der Waals surface area contributed by atoms with Crippen LogP contribution in [-0.2, 0) is 16.1 Å². The minimum atomic E-state index is -0.205. The summed E-state index contributed by atoms with van der Waals surface area (Å²) in [6.45, 7) is 3.11. The summed E-state index contributed by atoms with van der Waals surface area (Å²) in [5.41, 5.74) is 0.713. The number of nitrogens with zero attached hydrogens (tertiary/aromatic N) is 2. The summed E-state index contributed by atoms with van der Waals surface area (Å²) in [5.74, 6) is -0.205. The van der Waals surface area contributed by atoms with E-state index in [9.17, 15) is 9.59 Å². The standard InChI is InChI=1S/C17H19N3O3S2/c1-11-4-5-13(25-11)12-9-24-16-15(12)17(22)20(10-19-16)8-14(21)18-6-3-7-23-2/h4-5,9-10H,3,6-8H2,1-2H3,(H,18,21). The molecule has 3 rings (SSSR count). The Morgan fingerprint density at radius 1 is 1.40 bits per heavy atom. The molecule has 0 aliphatic heterocycles. The van der Waals surface area contributed by atoms with Crippen LogP contribution in [0.5, 0.6) is 0 Å². The molecule has 0 spiro atoms. The maximum absolute atomic E-state index is 12.8. The van der Waals surface area contributed by atoms with Crippen molar-refractivity contribution in [2.24, 2.45) is 0 Å². The Kier molecular flexibility index (Phi) is 5.62. The number of aryl methyl sites for hydroxylation is 1. The van der Waals surface area contributed by atoms with Gasteiger partial charge in [0.25, 0.3) is 5.56 Å². The first kappa shape index (κ1) is 17.8. The second kappa shape index (κ2) is 7.90. The molecule has 8 heteroatoms. The molecule has 0 saturated heterocycles. The number of rotatable bonds is 7. The molecule has 0 atom stereocenters. The SMILES string of the molecule is COCCCNC(=O)Cn1cnc2scc(-c3ccc(C)s3)c2c1=O. The third-order valence-electron chi connectivity index (χ3n) is 3.73. The molecule has 3 aromatic rings. The van der Waals surface area contributed by atoms with Crippen LogP contribution in [0.1, 0.15) is 11.3 Å². The molecule has 0 aromatic carbocycles. The van der Waals surface area contributed by atoms with E-state index < -0.39 is 0 Å². The van der Waals surface area contributed by atoms with Crippen LogP contribution in [0, 0.1) is 6.92 Å². The van der Waals surface area contributed by atoms with Crippen LogP contribution in [0.3, 0.4) is 0 Å². The van der Waals surface area contributed by atoms with Crippen LogP contribution < -0.4 is 10.9 Å². The Balaban J connectivity index is 1.84. The van der Waals surface area contributed by atoms with Gasteiger partial charge >= 0.3 is 0 Å². The van der Waals surface area contributed by atoms with E-state index in [2.05, 4.69) is 10.3 Å². The molecule has 0 aliphatic carbocycles. The van der Waals surface area contributed by atoms with Crippen LogP contribution in [0.4, 0.5) is 0 Å². The van der Waals surface area contributed by atoms with Crippen LogP contribution in [0.2, 0.25) is 0 Å². The topological polar surface area (TPSA) is 73.2 Å². The second-order valence-corrected chi connectivity index (χ2v) is 7.76. The molecule has 1 amide bonds. The molecular weight excluding hydrogens is 358 g/mol. The van der Waals surface area contributed by atoms with Crippen molar-refractivity contribution >= 4 is 38.8 Å². The van der Waals surface area contributed by atoms with Crippen LogP contribution >= 0.6 is 22.7 Å². The highest BCUT2D eigenvalue weighted by molar-refractivity contribution is 7.19. The highest BCUT2D eigenvalue weighted by atomic mass is 32.1. The number of methoxy groups -OCH3 is 1. The maximum atomic E-state index is 12.8. The van der Waals surface area contributed by atoms with Gasteiger partial charge < -0.3 is 10.1 Å². The number of fused-ring (bicyclic) bond motifs is 1. The number of thiophene rings is 2. The van der Waals surface area contributed by atoms with Gasteiger partial charge in [-0.05, 0) is 25.5 Å². The summed E-state index contributed by atoms with van der Waals surface area (Å²) < 4.78 is 6.31.